The number of thioether (sulfide) groups is 1. The molecule has 1 aromatic carbocycles. The Morgan fingerprint density at radius 1 is 1.22 bits per heavy atom. The minimum Gasteiger partial charge on any atom is -0.322 e. The number of aromatic nitrogens is 6. The van der Waals surface area contributed by atoms with E-state index in [1.165, 1.54) is 11.8 Å². The van der Waals surface area contributed by atoms with Crippen LogP contribution in [0.25, 0.3) is 5.69 Å². The molecule has 1 amide bonds. The van der Waals surface area contributed by atoms with E-state index in [9.17, 15) is 4.79 Å². The zero-order valence-corrected chi connectivity index (χ0v) is 17.1. The van der Waals surface area contributed by atoms with Crippen molar-refractivity contribution in [1.29, 1.82) is 0 Å². The minimum atomic E-state index is -0.376. The standard InChI is InChI=1S/C18H23N7OS/c1-10-8-7-9-15(11(10)2)25-18(20-22-23-25)27-14(5)17(26)19-16-12(3)21-24(6)13(16)4/h7-9,14H,1-6H3,(H,19,26). The maximum atomic E-state index is 12.7. The molecule has 0 fully saturated rings. The van der Waals surface area contributed by atoms with Gasteiger partial charge >= 0.3 is 0 Å². The topological polar surface area (TPSA) is 90.5 Å². The highest BCUT2D eigenvalue weighted by molar-refractivity contribution is 8.00. The van der Waals surface area contributed by atoms with Gasteiger partial charge in [0.25, 0.3) is 0 Å². The normalized spacial score (nSPS) is 12.2. The van der Waals surface area contributed by atoms with Gasteiger partial charge in [-0.15, -0.1) is 5.10 Å². The lowest BCUT2D eigenvalue weighted by atomic mass is 10.1. The molecule has 3 aromatic rings. The summed E-state index contributed by atoms with van der Waals surface area (Å²) in [5.74, 6) is -0.116. The van der Waals surface area contributed by atoms with Crippen LogP contribution in [0.15, 0.2) is 23.4 Å². The van der Waals surface area contributed by atoms with Crippen LogP contribution in [0.2, 0.25) is 0 Å². The number of rotatable bonds is 5. The molecule has 8 nitrogen and oxygen atoms in total. The molecule has 0 saturated heterocycles. The van der Waals surface area contributed by atoms with Gasteiger partial charge in [-0.3, -0.25) is 9.48 Å². The Morgan fingerprint density at radius 3 is 2.63 bits per heavy atom. The maximum absolute atomic E-state index is 12.7. The van der Waals surface area contributed by atoms with Crippen LogP contribution < -0.4 is 5.32 Å². The minimum absolute atomic E-state index is 0.116. The van der Waals surface area contributed by atoms with E-state index in [4.69, 9.17) is 0 Å². The fourth-order valence-electron chi connectivity index (χ4n) is 2.76. The molecule has 0 radical (unpaired) electrons. The molecule has 9 heteroatoms. The average Bonchev–Trinajstić information content (AvgIpc) is 3.17. The highest BCUT2D eigenvalue weighted by Gasteiger charge is 2.22. The molecule has 27 heavy (non-hydrogen) atoms. The molecular formula is C18H23N7OS. The monoisotopic (exact) mass is 385 g/mol. The van der Waals surface area contributed by atoms with Crippen molar-refractivity contribution < 1.29 is 4.79 Å². The highest BCUT2D eigenvalue weighted by atomic mass is 32.2. The third-order valence-corrected chi connectivity index (χ3v) is 5.69. The Labute approximate surface area is 162 Å². The van der Waals surface area contributed by atoms with Crippen molar-refractivity contribution in [2.24, 2.45) is 7.05 Å². The molecule has 1 atom stereocenters. The van der Waals surface area contributed by atoms with E-state index in [0.29, 0.717) is 5.16 Å². The predicted molar refractivity (Wildman–Crippen MR) is 105 cm³/mol. The van der Waals surface area contributed by atoms with Crippen LogP contribution in [0.1, 0.15) is 29.4 Å². The van der Waals surface area contributed by atoms with Crippen LogP contribution in [0.5, 0.6) is 0 Å². The van der Waals surface area contributed by atoms with Crippen molar-refractivity contribution in [3.05, 3.63) is 40.7 Å². The lowest BCUT2D eigenvalue weighted by molar-refractivity contribution is -0.115. The smallest absolute Gasteiger partial charge is 0.237 e. The summed E-state index contributed by atoms with van der Waals surface area (Å²) >= 11 is 1.32. The van der Waals surface area contributed by atoms with Gasteiger partial charge in [-0.25, -0.2) is 0 Å². The number of hydrogen-bond acceptors (Lipinski definition) is 6. The Morgan fingerprint density at radius 2 is 1.96 bits per heavy atom. The van der Waals surface area contributed by atoms with Gasteiger partial charge in [0.15, 0.2) is 0 Å². The van der Waals surface area contributed by atoms with Gasteiger partial charge in [0.2, 0.25) is 11.1 Å². The SMILES string of the molecule is Cc1cccc(-n2nnnc2SC(C)C(=O)Nc2c(C)nn(C)c2C)c1C. The Balaban J connectivity index is 1.79. The van der Waals surface area contributed by atoms with Crippen molar-refractivity contribution >= 4 is 23.4 Å². The highest BCUT2D eigenvalue weighted by Crippen LogP contribution is 2.27. The number of nitrogens with one attached hydrogen (secondary N) is 1. The average molecular weight is 385 g/mol. The van der Waals surface area contributed by atoms with Gasteiger partial charge in [0, 0.05) is 7.05 Å². The molecule has 1 N–H and O–H groups in total. The zero-order valence-electron chi connectivity index (χ0n) is 16.3. The Hall–Kier alpha value is -2.68. The first-order valence-electron chi connectivity index (χ1n) is 8.62. The molecule has 0 aliphatic heterocycles. The van der Waals surface area contributed by atoms with Gasteiger partial charge in [0.1, 0.15) is 0 Å². The molecule has 0 bridgehead atoms. The number of benzene rings is 1. The molecule has 0 saturated carbocycles. The van der Waals surface area contributed by atoms with Gasteiger partial charge < -0.3 is 5.32 Å². The first-order chi connectivity index (χ1) is 12.8. The Bertz CT molecular complexity index is 992. The first-order valence-corrected chi connectivity index (χ1v) is 9.50. The number of carbonyl (C=O) groups is 1. The van der Waals surface area contributed by atoms with Gasteiger partial charge in [-0.05, 0) is 62.2 Å². The van der Waals surface area contributed by atoms with Crippen molar-refractivity contribution in [3.8, 4) is 5.69 Å². The van der Waals surface area contributed by atoms with Crippen molar-refractivity contribution in [3.63, 3.8) is 0 Å². The summed E-state index contributed by atoms with van der Waals surface area (Å²) in [4.78, 5) is 12.7. The number of carbonyl (C=O) groups excluding carboxylic acids is 1. The number of anilines is 1. The lowest BCUT2D eigenvalue weighted by Gasteiger charge is -2.13. The van der Waals surface area contributed by atoms with E-state index in [-0.39, 0.29) is 11.2 Å². The van der Waals surface area contributed by atoms with Crippen molar-refractivity contribution in [2.45, 2.75) is 45.0 Å². The summed E-state index contributed by atoms with van der Waals surface area (Å²) in [7, 11) is 1.86. The molecule has 2 heterocycles. The summed E-state index contributed by atoms with van der Waals surface area (Å²) in [5.41, 5.74) is 5.63. The molecule has 0 aliphatic carbocycles. The Kier molecular flexibility index (Phi) is 5.31. The molecule has 0 aliphatic rings. The summed E-state index contributed by atoms with van der Waals surface area (Å²) in [5, 5.41) is 19.5. The van der Waals surface area contributed by atoms with Crippen LogP contribution in [-0.4, -0.2) is 41.1 Å². The van der Waals surface area contributed by atoms with E-state index in [1.807, 2.05) is 59.9 Å². The third kappa shape index (κ3) is 3.73. The van der Waals surface area contributed by atoms with Crippen LogP contribution >= 0.6 is 11.8 Å². The summed E-state index contributed by atoms with van der Waals surface area (Å²) in [6.45, 7) is 9.72. The molecule has 1 unspecified atom stereocenters. The number of tetrazole rings is 1. The van der Waals surface area contributed by atoms with Crippen molar-refractivity contribution in [1.82, 2.24) is 30.0 Å². The number of nitrogens with zero attached hydrogens (tertiary/aromatic N) is 6. The van der Waals surface area contributed by atoms with Crippen LogP contribution in [0.3, 0.4) is 0 Å². The quantitative estimate of drug-likeness (QED) is 0.679. The summed E-state index contributed by atoms with van der Waals surface area (Å²) < 4.78 is 3.43. The number of amides is 1. The van der Waals surface area contributed by atoms with Crippen LogP contribution in [0.4, 0.5) is 5.69 Å². The van der Waals surface area contributed by atoms with E-state index in [1.54, 1.807) is 9.36 Å². The van der Waals surface area contributed by atoms with Crippen molar-refractivity contribution in [2.75, 3.05) is 5.32 Å². The molecule has 0 spiro atoms. The fraction of sp³-hybridized carbons (Fsp3) is 0.389. The van der Waals surface area contributed by atoms with E-state index >= 15 is 0 Å². The second-order valence-electron chi connectivity index (χ2n) is 6.51. The van der Waals surface area contributed by atoms with Gasteiger partial charge in [-0.2, -0.15) is 9.78 Å². The maximum Gasteiger partial charge on any atom is 0.237 e. The largest absolute Gasteiger partial charge is 0.322 e. The summed E-state index contributed by atoms with van der Waals surface area (Å²) in [6, 6.07) is 5.98. The second kappa shape index (κ2) is 7.51. The number of aryl methyl sites for hydroxylation is 3. The fourth-order valence-corrected chi connectivity index (χ4v) is 3.56. The molecule has 3 rings (SSSR count). The van der Waals surface area contributed by atoms with Gasteiger partial charge in [-0.1, -0.05) is 23.9 Å². The predicted octanol–water partition coefficient (Wildman–Crippen LogP) is 2.75. The van der Waals surface area contributed by atoms with Crippen LogP contribution in [-0.2, 0) is 11.8 Å². The van der Waals surface area contributed by atoms with E-state index in [2.05, 4.69) is 25.9 Å². The zero-order chi connectivity index (χ0) is 19.7. The lowest BCUT2D eigenvalue weighted by Crippen LogP contribution is -2.23. The van der Waals surface area contributed by atoms with E-state index in [0.717, 1.165) is 33.9 Å². The van der Waals surface area contributed by atoms with Crippen LogP contribution in [0, 0.1) is 27.7 Å². The second-order valence-corrected chi connectivity index (χ2v) is 7.82. The van der Waals surface area contributed by atoms with E-state index < -0.39 is 0 Å². The third-order valence-electron chi connectivity index (χ3n) is 4.65. The molecule has 2 aromatic heterocycles. The van der Waals surface area contributed by atoms with Gasteiger partial charge in [0.05, 0.1) is 28.0 Å². The summed E-state index contributed by atoms with van der Waals surface area (Å²) in [6.07, 6.45) is 0. The number of hydrogen-bond donors (Lipinski definition) is 1. The molecular weight excluding hydrogens is 362 g/mol. The molecule has 142 valence electrons. The first kappa shape index (κ1) is 19.1.